The number of amides is 1. The van der Waals surface area contributed by atoms with Gasteiger partial charge >= 0.3 is 12.3 Å². The average Bonchev–Trinajstić information content (AvgIpc) is 2.46. The van der Waals surface area contributed by atoms with Crippen molar-refractivity contribution in [1.82, 2.24) is 5.32 Å². The van der Waals surface area contributed by atoms with E-state index in [1.807, 2.05) is 0 Å². The molecule has 1 fully saturated rings. The highest BCUT2D eigenvalue weighted by Crippen LogP contribution is 2.26. The molecule has 1 heterocycles. The molecule has 132 valence electrons. The van der Waals surface area contributed by atoms with Gasteiger partial charge in [-0.15, -0.1) is 13.2 Å². The topological polar surface area (TPSA) is 84.9 Å². The number of ether oxygens (including phenoxy) is 2. The largest absolute Gasteiger partial charge is 0.573 e. The molecule has 2 rings (SSSR count). The lowest BCUT2D eigenvalue weighted by Gasteiger charge is -2.36. The summed E-state index contributed by atoms with van der Waals surface area (Å²) < 4.78 is 45.3. The summed E-state index contributed by atoms with van der Waals surface area (Å²) in [5.74, 6) is -2.05. The van der Waals surface area contributed by atoms with Crippen LogP contribution < -0.4 is 10.1 Å². The highest BCUT2D eigenvalue weighted by Gasteiger charge is 2.36. The van der Waals surface area contributed by atoms with Gasteiger partial charge in [0.2, 0.25) is 0 Å². The van der Waals surface area contributed by atoms with Crippen LogP contribution in [0.3, 0.4) is 0 Å². The fourth-order valence-electron chi connectivity index (χ4n) is 2.52. The monoisotopic (exact) mass is 347 g/mol. The molecule has 0 aliphatic carbocycles. The minimum atomic E-state index is -4.81. The first-order chi connectivity index (χ1) is 11.2. The number of hydrogen-bond donors (Lipinski definition) is 2. The van der Waals surface area contributed by atoms with Crippen LogP contribution in [-0.4, -0.2) is 42.1 Å². The summed E-state index contributed by atoms with van der Waals surface area (Å²) in [7, 11) is 0. The number of halogens is 3. The lowest BCUT2D eigenvalue weighted by atomic mass is 9.86. The van der Waals surface area contributed by atoms with Crippen molar-refractivity contribution in [3.63, 3.8) is 0 Å². The number of aliphatic carboxylic acids is 1. The number of carboxylic acid groups (broad SMARTS) is 1. The summed E-state index contributed by atoms with van der Waals surface area (Å²) in [6.45, 7) is 0.651. The highest BCUT2D eigenvalue weighted by atomic mass is 19.4. The van der Waals surface area contributed by atoms with Gasteiger partial charge in [-0.05, 0) is 37.1 Å². The zero-order valence-corrected chi connectivity index (χ0v) is 12.6. The summed E-state index contributed by atoms with van der Waals surface area (Å²) in [6.07, 6.45) is -4.37. The Morgan fingerprint density at radius 2 is 1.79 bits per heavy atom. The molecule has 1 aliphatic heterocycles. The number of carboxylic acids is 1. The molecule has 0 unspecified atom stereocenters. The highest BCUT2D eigenvalue weighted by molar-refractivity contribution is 5.95. The van der Waals surface area contributed by atoms with E-state index in [-0.39, 0.29) is 12.0 Å². The van der Waals surface area contributed by atoms with Crippen LogP contribution >= 0.6 is 0 Å². The van der Waals surface area contributed by atoms with E-state index in [9.17, 15) is 22.8 Å². The number of rotatable bonds is 5. The standard InChI is InChI=1S/C15H16F3NO5/c16-15(17,18)24-11-3-1-10(2-4-11)13(22)19-14(9-12(20)21)5-7-23-8-6-14/h1-4H,5-9H2,(H,19,22)(H,20,21). The van der Waals surface area contributed by atoms with Crippen molar-refractivity contribution in [2.75, 3.05) is 13.2 Å². The van der Waals surface area contributed by atoms with E-state index < -0.39 is 29.5 Å². The molecule has 0 saturated carbocycles. The second kappa shape index (κ2) is 7.08. The molecule has 1 aliphatic rings. The molecular formula is C15H16F3NO5. The molecule has 1 amide bonds. The average molecular weight is 347 g/mol. The molecule has 6 nitrogen and oxygen atoms in total. The number of carbonyl (C=O) groups excluding carboxylic acids is 1. The van der Waals surface area contributed by atoms with Crippen LogP contribution in [0, 0.1) is 0 Å². The molecule has 1 aromatic carbocycles. The van der Waals surface area contributed by atoms with E-state index in [0.717, 1.165) is 12.1 Å². The Morgan fingerprint density at radius 3 is 2.29 bits per heavy atom. The van der Waals surface area contributed by atoms with Gasteiger partial charge in [-0.3, -0.25) is 9.59 Å². The molecule has 0 atom stereocenters. The Morgan fingerprint density at radius 1 is 1.21 bits per heavy atom. The molecule has 0 spiro atoms. The molecule has 9 heteroatoms. The van der Waals surface area contributed by atoms with Gasteiger partial charge in [-0.25, -0.2) is 0 Å². The van der Waals surface area contributed by atoms with Crippen LogP contribution in [0.4, 0.5) is 13.2 Å². The maximum absolute atomic E-state index is 12.3. The van der Waals surface area contributed by atoms with Crippen molar-refractivity contribution < 1.29 is 37.3 Å². The maximum Gasteiger partial charge on any atom is 0.573 e. The van der Waals surface area contributed by atoms with Crippen LogP contribution in [-0.2, 0) is 9.53 Å². The van der Waals surface area contributed by atoms with E-state index in [1.54, 1.807) is 0 Å². The molecular weight excluding hydrogens is 331 g/mol. The van der Waals surface area contributed by atoms with Crippen molar-refractivity contribution in [2.24, 2.45) is 0 Å². The minimum Gasteiger partial charge on any atom is -0.481 e. The predicted octanol–water partition coefficient (Wildman–Crippen LogP) is 2.34. The summed E-state index contributed by atoms with van der Waals surface area (Å²) in [4.78, 5) is 23.3. The van der Waals surface area contributed by atoms with Gasteiger partial charge in [-0.1, -0.05) is 0 Å². The van der Waals surface area contributed by atoms with Crippen LogP contribution in [0.5, 0.6) is 5.75 Å². The van der Waals surface area contributed by atoms with Gasteiger partial charge in [0, 0.05) is 18.8 Å². The zero-order valence-electron chi connectivity index (χ0n) is 12.6. The Hall–Kier alpha value is -2.29. The molecule has 1 saturated heterocycles. The lowest BCUT2D eigenvalue weighted by molar-refractivity contribution is -0.274. The normalized spacial score (nSPS) is 17.1. The first-order valence-electron chi connectivity index (χ1n) is 7.17. The first-order valence-corrected chi connectivity index (χ1v) is 7.17. The number of carbonyl (C=O) groups is 2. The fraction of sp³-hybridized carbons (Fsp3) is 0.467. The third-order valence-electron chi connectivity index (χ3n) is 3.67. The van der Waals surface area contributed by atoms with E-state index in [4.69, 9.17) is 9.84 Å². The van der Waals surface area contributed by atoms with Crippen molar-refractivity contribution in [2.45, 2.75) is 31.2 Å². The molecule has 0 radical (unpaired) electrons. The van der Waals surface area contributed by atoms with E-state index >= 15 is 0 Å². The molecule has 0 aromatic heterocycles. The number of hydrogen-bond acceptors (Lipinski definition) is 4. The van der Waals surface area contributed by atoms with Crippen LogP contribution in [0.2, 0.25) is 0 Å². The van der Waals surface area contributed by atoms with Gasteiger partial charge in [0.05, 0.1) is 12.0 Å². The van der Waals surface area contributed by atoms with Crippen molar-refractivity contribution in [3.05, 3.63) is 29.8 Å². The SMILES string of the molecule is O=C(O)CC1(NC(=O)c2ccc(OC(F)(F)F)cc2)CCOCC1. The minimum absolute atomic E-state index is 0.112. The van der Waals surface area contributed by atoms with Crippen LogP contribution in [0.15, 0.2) is 24.3 Å². The summed E-state index contributed by atoms with van der Waals surface area (Å²) in [5.41, 5.74) is -0.816. The molecule has 2 N–H and O–H groups in total. The van der Waals surface area contributed by atoms with Gasteiger partial charge in [0.15, 0.2) is 0 Å². The second-order valence-electron chi connectivity index (χ2n) is 5.49. The van der Waals surface area contributed by atoms with Crippen molar-refractivity contribution >= 4 is 11.9 Å². The van der Waals surface area contributed by atoms with Crippen LogP contribution in [0.1, 0.15) is 29.6 Å². The number of benzene rings is 1. The van der Waals surface area contributed by atoms with E-state index in [0.29, 0.717) is 26.1 Å². The molecule has 0 bridgehead atoms. The van der Waals surface area contributed by atoms with Gasteiger partial charge in [0.25, 0.3) is 5.91 Å². The van der Waals surface area contributed by atoms with E-state index in [2.05, 4.69) is 10.1 Å². The fourth-order valence-corrected chi connectivity index (χ4v) is 2.52. The van der Waals surface area contributed by atoms with Gasteiger partial charge < -0.3 is 19.9 Å². The third-order valence-corrected chi connectivity index (χ3v) is 3.67. The molecule has 1 aromatic rings. The zero-order chi connectivity index (χ0) is 17.8. The smallest absolute Gasteiger partial charge is 0.481 e. The Kier molecular flexibility index (Phi) is 5.33. The molecule has 24 heavy (non-hydrogen) atoms. The lowest BCUT2D eigenvalue weighted by Crippen LogP contribution is -2.53. The van der Waals surface area contributed by atoms with Crippen LogP contribution in [0.25, 0.3) is 0 Å². The van der Waals surface area contributed by atoms with Crippen molar-refractivity contribution in [1.29, 1.82) is 0 Å². The van der Waals surface area contributed by atoms with Gasteiger partial charge in [-0.2, -0.15) is 0 Å². The summed E-state index contributed by atoms with van der Waals surface area (Å²) >= 11 is 0. The predicted molar refractivity (Wildman–Crippen MR) is 75.6 cm³/mol. The summed E-state index contributed by atoms with van der Waals surface area (Å²) in [5, 5.41) is 11.7. The Balaban J connectivity index is 2.08. The summed E-state index contributed by atoms with van der Waals surface area (Å²) in [6, 6.07) is 4.42. The Labute approximate surface area is 135 Å². The van der Waals surface area contributed by atoms with Gasteiger partial charge in [0.1, 0.15) is 5.75 Å². The maximum atomic E-state index is 12.3. The second-order valence-corrected chi connectivity index (χ2v) is 5.49. The quantitative estimate of drug-likeness (QED) is 0.854. The van der Waals surface area contributed by atoms with E-state index in [1.165, 1.54) is 12.1 Å². The number of alkyl halides is 3. The Bertz CT molecular complexity index is 594. The third kappa shape index (κ3) is 5.12. The first kappa shape index (κ1) is 18.1. The number of nitrogens with one attached hydrogen (secondary N) is 1. The van der Waals surface area contributed by atoms with Crippen molar-refractivity contribution in [3.8, 4) is 5.75 Å².